The van der Waals surface area contributed by atoms with E-state index in [4.69, 9.17) is 4.52 Å². The lowest BCUT2D eigenvalue weighted by Crippen LogP contribution is -2.53. The quantitative estimate of drug-likeness (QED) is 0.484. The second-order valence-electron chi connectivity index (χ2n) is 8.39. The number of nitrogens with one attached hydrogen (secondary N) is 2. The molecule has 0 aliphatic heterocycles. The first-order valence-corrected chi connectivity index (χ1v) is 10.8. The molecule has 2 aromatic carbocycles. The first-order chi connectivity index (χ1) is 15.5. The van der Waals surface area contributed by atoms with Gasteiger partial charge in [0.05, 0.1) is 11.2 Å². The summed E-state index contributed by atoms with van der Waals surface area (Å²) in [6.07, 6.45) is 5.12. The molecule has 0 saturated heterocycles. The van der Waals surface area contributed by atoms with E-state index in [0.717, 1.165) is 37.7 Å². The molecule has 166 valence electrons. The molecule has 7 heteroatoms. The number of nitrogens with zero attached hydrogens (tertiary/aromatic N) is 1. The maximum absolute atomic E-state index is 13.2. The lowest BCUT2D eigenvalue weighted by Gasteiger charge is -2.36. The summed E-state index contributed by atoms with van der Waals surface area (Å²) >= 11 is 0. The molecule has 3 N–H and O–H groups in total. The zero-order valence-corrected chi connectivity index (χ0v) is 18.0. The van der Waals surface area contributed by atoms with Crippen molar-refractivity contribution in [2.75, 3.05) is 0 Å². The molecule has 1 aromatic heterocycles. The van der Waals surface area contributed by atoms with E-state index in [9.17, 15) is 14.7 Å². The van der Waals surface area contributed by atoms with E-state index < -0.39 is 5.54 Å². The van der Waals surface area contributed by atoms with Crippen LogP contribution >= 0.6 is 0 Å². The summed E-state index contributed by atoms with van der Waals surface area (Å²) in [4.78, 5) is 24.7. The minimum absolute atomic E-state index is 0.0742. The molecule has 7 nitrogen and oxygen atoms in total. The number of carbonyl (C=O) groups is 2. The largest absolute Gasteiger partial charge is 0.508 e. The number of rotatable bonds is 7. The van der Waals surface area contributed by atoms with Crippen LogP contribution in [-0.2, 0) is 12.0 Å². The highest BCUT2D eigenvalue weighted by Crippen LogP contribution is 2.36. The van der Waals surface area contributed by atoms with Gasteiger partial charge in [-0.05, 0) is 49.1 Å². The number of aromatic hydroxyl groups is 1. The molecular weight excluding hydrogens is 406 g/mol. The summed E-state index contributed by atoms with van der Waals surface area (Å²) in [5, 5.41) is 20.5. The summed E-state index contributed by atoms with van der Waals surface area (Å²) in [5.41, 5.74) is 1.46. The van der Waals surface area contributed by atoms with E-state index in [1.54, 1.807) is 36.4 Å². The van der Waals surface area contributed by atoms with Crippen molar-refractivity contribution in [3.05, 3.63) is 82.7 Å². The molecule has 0 spiro atoms. The number of hydrogen-bond donors (Lipinski definition) is 3. The third kappa shape index (κ3) is 4.66. The molecule has 1 aliphatic carbocycles. The SMILES string of the molecule is Cc1cc(CC(NC(=O)NC2CCCC2)(c2cccc(O)c2)c2cccc(C=O)c2)on1. The Labute approximate surface area is 186 Å². The van der Waals surface area contributed by atoms with E-state index in [1.807, 2.05) is 25.1 Å². The van der Waals surface area contributed by atoms with Gasteiger partial charge in [0.1, 0.15) is 17.8 Å². The van der Waals surface area contributed by atoms with Gasteiger partial charge in [-0.2, -0.15) is 0 Å². The summed E-state index contributed by atoms with van der Waals surface area (Å²) in [5.74, 6) is 0.647. The fourth-order valence-electron chi connectivity index (χ4n) is 4.45. The molecular formula is C25H27N3O4. The third-order valence-corrected chi connectivity index (χ3v) is 5.99. The fourth-order valence-corrected chi connectivity index (χ4v) is 4.45. The number of phenols is 1. The predicted molar refractivity (Wildman–Crippen MR) is 120 cm³/mol. The van der Waals surface area contributed by atoms with Crippen molar-refractivity contribution in [2.45, 2.75) is 50.6 Å². The van der Waals surface area contributed by atoms with Crippen LogP contribution in [0.2, 0.25) is 0 Å². The second-order valence-corrected chi connectivity index (χ2v) is 8.39. The van der Waals surface area contributed by atoms with Crippen LogP contribution in [0, 0.1) is 6.92 Å². The molecule has 0 radical (unpaired) electrons. The van der Waals surface area contributed by atoms with Gasteiger partial charge in [0.2, 0.25) is 0 Å². The van der Waals surface area contributed by atoms with Gasteiger partial charge in [0.15, 0.2) is 0 Å². The standard InChI is InChI=1S/C25H27N3O4/c1-17-12-23(32-28-17)15-25(20-8-5-11-22(30)14-20,19-7-4-6-18(13-19)16-29)27-24(31)26-21-9-2-3-10-21/h4-8,11-14,16,21,30H,2-3,9-10,15H2,1H3,(H2,26,27,31). The Kier molecular flexibility index (Phi) is 6.25. The van der Waals surface area contributed by atoms with Crippen LogP contribution in [-0.4, -0.2) is 28.6 Å². The van der Waals surface area contributed by atoms with Gasteiger partial charge >= 0.3 is 6.03 Å². The topological polar surface area (TPSA) is 104 Å². The number of aldehydes is 1. The van der Waals surface area contributed by atoms with Gasteiger partial charge in [0.25, 0.3) is 0 Å². The molecule has 1 aliphatic rings. The first-order valence-electron chi connectivity index (χ1n) is 10.8. The van der Waals surface area contributed by atoms with Crippen molar-refractivity contribution >= 4 is 12.3 Å². The summed E-state index contributed by atoms with van der Waals surface area (Å²) in [7, 11) is 0. The zero-order valence-electron chi connectivity index (χ0n) is 18.0. The molecule has 0 bridgehead atoms. The van der Waals surface area contributed by atoms with E-state index in [1.165, 1.54) is 0 Å². The van der Waals surface area contributed by atoms with E-state index in [0.29, 0.717) is 22.5 Å². The van der Waals surface area contributed by atoms with Crippen molar-refractivity contribution < 1.29 is 19.2 Å². The van der Waals surface area contributed by atoms with Crippen molar-refractivity contribution in [1.82, 2.24) is 15.8 Å². The van der Waals surface area contributed by atoms with E-state index >= 15 is 0 Å². The molecule has 32 heavy (non-hydrogen) atoms. The van der Waals surface area contributed by atoms with Gasteiger partial charge in [-0.25, -0.2) is 4.79 Å². The van der Waals surface area contributed by atoms with Gasteiger partial charge in [0, 0.05) is 24.1 Å². The van der Waals surface area contributed by atoms with Gasteiger partial charge in [-0.1, -0.05) is 48.3 Å². The first kappa shape index (κ1) is 21.6. The maximum Gasteiger partial charge on any atom is 0.315 e. The molecule has 1 unspecified atom stereocenters. The maximum atomic E-state index is 13.2. The second kappa shape index (κ2) is 9.26. The highest BCUT2D eigenvalue weighted by atomic mass is 16.5. The fraction of sp³-hybridized carbons (Fsp3) is 0.320. The van der Waals surface area contributed by atoms with Gasteiger partial charge < -0.3 is 20.3 Å². The van der Waals surface area contributed by atoms with Crippen molar-refractivity contribution in [3.63, 3.8) is 0 Å². The Morgan fingerprint density at radius 2 is 1.88 bits per heavy atom. The van der Waals surface area contributed by atoms with Crippen LogP contribution in [0.1, 0.15) is 58.6 Å². The number of aryl methyl sites for hydroxylation is 1. The number of carbonyl (C=O) groups excluding carboxylic acids is 2. The van der Waals surface area contributed by atoms with Crippen molar-refractivity contribution in [2.24, 2.45) is 0 Å². The normalized spacial score (nSPS) is 15.8. The van der Waals surface area contributed by atoms with Crippen molar-refractivity contribution in [3.8, 4) is 5.75 Å². The molecule has 1 atom stereocenters. The Balaban J connectivity index is 1.83. The van der Waals surface area contributed by atoms with Gasteiger partial charge in [-0.3, -0.25) is 4.79 Å². The molecule has 2 amide bonds. The molecule has 1 heterocycles. The van der Waals surface area contributed by atoms with E-state index in [-0.39, 0.29) is 24.2 Å². The van der Waals surface area contributed by atoms with Crippen LogP contribution in [0.15, 0.2) is 59.1 Å². The number of hydrogen-bond acceptors (Lipinski definition) is 5. The van der Waals surface area contributed by atoms with E-state index in [2.05, 4.69) is 15.8 Å². The monoisotopic (exact) mass is 433 g/mol. The minimum atomic E-state index is -1.10. The number of aromatic nitrogens is 1. The summed E-state index contributed by atoms with van der Waals surface area (Å²) < 4.78 is 5.51. The highest BCUT2D eigenvalue weighted by molar-refractivity contribution is 5.78. The zero-order chi connectivity index (χ0) is 22.6. The van der Waals surface area contributed by atoms with Crippen molar-refractivity contribution in [1.29, 1.82) is 0 Å². The van der Waals surface area contributed by atoms with Crippen LogP contribution < -0.4 is 10.6 Å². The summed E-state index contributed by atoms with van der Waals surface area (Å²) in [6.45, 7) is 1.83. The molecule has 4 rings (SSSR count). The Hall–Kier alpha value is -3.61. The summed E-state index contributed by atoms with van der Waals surface area (Å²) in [6, 6.07) is 15.5. The number of amides is 2. The number of benzene rings is 2. The third-order valence-electron chi connectivity index (χ3n) is 5.99. The lowest BCUT2D eigenvalue weighted by atomic mass is 9.78. The van der Waals surface area contributed by atoms with Gasteiger partial charge in [-0.15, -0.1) is 0 Å². The number of phenolic OH excluding ortho intramolecular Hbond substituents is 1. The molecule has 1 saturated carbocycles. The predicted octanol–water partition coefficient (Wildman–Crippen LogP) is 4.23. The average molecular weight is 434 g/mol. The Morgan fingerprint density at radius 3 is 2.53 bits per heavy atom. The van der Waals surface area contributed by atoms with Crippen LogP contribution in [0.25, 0.3) is 0 Å². The van der Waals surface area contributed by atoms with Crippen LogP contribution in [0.3, 0.4) is 0 Å². The Morgan fingerprint density at radius 1 is 1.16 bits per heavy atom. The number of urea groups is 1. The highest BCUT2D eigenvalue weighted by Gasteiger charge is 2.38. The Bertz CT molecular complexity index is 1100. The smallest absolute Gasteiger partial charge is 0.315 e. The molecule has 1 fully saturated rings. The van der Waals surface area contributed by atoms with Crippen LogP contribution in [0.5, 0.6) is 5.75 Å². The molecule has 3 aromatic rings. The minimum Gasteiger partial charge on any atom is -0.508 e. The van der Waals surface area contributed by atoms with Crippen LogP contribution in [0.4, 0.5) is 4.79 Å². The lowest BCUT2D eigenvalue weighted by molar-refractivity contribution is 0.112. The average Bonchev–Trinajstić information content (AvgIpc) is 3.44.